The van der Waals surface area contributed by atoms with Crippen molar-refractivity contribution in [3.05, 3.63) is 35.6 Å². The van der Waals surface area contributed by atoms with Gasteiger partial charge < -0.3 is 19.7 Å². The fourth-order valence-corrected chi connectivity index (χ4v) is 7.03. The van der Waals surface area contributed by atoms with E-state index in [9.17, 15) is 24.6 Å². The highest BCUT2D eigenvalue weighted by Gasteiger charge is 2.76. The molecule has 0 aromatic carbocycles. The molecule has 9 heteroatoms. The molecule has 4 aliphatic carbocycles. The van der Waals surface area contributed by atoms with Gasteiger partial charge in [-0.3, -0.25) is 9.59 Å². The molecule has 2 fully saturated rings. The number of hydrogen-bond donors (Lipinski definition) is 2. The van der Waals surface area contributed by atoms with Gasteiger partial charge in [-0.1, -0.05) is 31.5 Å². The van der Waals surface area contributed by atoms with Crippen molar-refractivity contribution in [1.82, 2.24) is 0 Å². The lowest BCUT2D eigenvalue weighted by atomic mass is 9.46. The maximum atomic E-state index is 17.2. The second-order valence-corrected chi connectivity index (χ2v) is 10.3. The van der Waals surface area contributed by atoms with Crippen molar-refractivity contribution in [3.63, 3.8) is 0 Å². The van der Waals surface area contributed by atoms with Crippen LogP contribution in [0.1, 0.15) is 40.5 Å². The number of carbonyl (C=O) groups excluding carboxylic acids is 3. The molecule has 33 heavy (non-hydrogen) atoms. The lowest BCUT2D eigenvalue weighted by Gasteiger charge is -2.61. The van der Waals surface area contributed by atoms with Crippen molar-refractivity contribution >= 4 is 29.3 Å². The Morgan fingerprint density at radius 3 is 2.61 bits per heavy atom. The van der Waals surface area contributed by atoms with Crippen LogP contribution in [0.15, 0.2) is 35.6 Å². The normalized spacial score (nSPS) is 45.9. The van der Waals surface area contributed by atoms with Crippen molar-refractivity contribution in [2.75, 3.05) is 6.07 Å². The van der Waals surface area contributed by atoms with E-state index >= 15 is 4.39 Å². The number of carbonyl (C=O) groups is 3. The Bertz CT molecular complexity index is 1020. The standard InChI is InChI=1S/C24H28ClFO7/c1-12-7-15-16-9-18(33-13(2)27)17-8-14(28)5-6-21(17,3)23(16,26)19(29)10-22(15,4)24(12,31)20(30)32-11-25/h5-6,8-9,12,15-16,19,29,31H,7,10-11H2,1-4H3/t12-,15-,16-,19-,21-,22-,23-,24-/m0/s1. The van der Waals surface area contributed by atoms with Gasteiger partial charge in [0.2, 0.25) is 0 Å². The molecule has 0 bridgehead atoms. The first-order valence-electron chi connectivity index (χ1n) is 11.0. The Morgan fingerprint density at radius 1 is 1.33 bits per heavy atom. The molecule has 0 radical (unpaired) electrons. The van der Waals surface area contributed by atoms with E-state index in [1.54, 1.807) is 20.8 Å². The van der Waals surface area contributed by atoms with Gasteiger partial charge in [0.05, 0.1) is 11.5 Å². The first-order valence-corrected chi connectivity index (χ1v) is 11.5. The molecule has 7 nitrogen and oxygen atoms in total. The monoisotopic (exact) mass is 482 g/mol. The summed E-state index contributed by atoms with van der Waals surface area (Å²) in [6.07, 6.45) is 3.73. The first kappa shape index (κ1) is 24.1. The van der Waals surface area contributed by atoms with Crippen LogP contribution >= 0.6 is 11.6 Å². The van der Waals surface area contributed by atoms with Crippen molar-refractivity contribution < 1.29 is 38.5 Å². The number of aliphatic hydroxyl groups is 2. The predicted molar refractivity (Wildman–Crippen MR) is 115 cm³/mol. The molecule has 0 aromatic rings. The number of esters is 2. The summed E-state index contributed by atoms with van der Waals surface area (Å²) < 4.78 is 27.6. The van der Waals surface area contributed by atoms with E-state index in [4.69, 9.17) is 21.1 Å². The molecule has 4 aliphatic rings. The average Bonchev–Trinajstić information content (AvgIpc) is 2.93. The van der Waals surface area contributed by atoms with Gasteiger partial charge in [0.1, 0.15) is 5.76 Å². The van der Waals surface area contributed by atoms with Gasteiger partial charge >= 0.3 is 11.9 Å². The zero-order valence-corrected chi connectivity index (χ0v) is 19.7. The van der Waals surface area contributed by atoms with Crippen molar-refractivity contribution in [1.29, 1.82) is 0 Å². The van der Waals surface area contributed by atoms with Crippen LogP contribution in [-0.4, -0.2) is 51.4 Å². The SMILES string of the molecule is CC(=O)OC1=C[C@H]2[C@@H]3C[C@H](C)[C@](O)(C(=O)OCCl)[C@@]3(C)C[C@H](O)[C@]2(F)[C@@]2(C)C=CC(=O)C=C12. The van der Waals surface area contributed by atoms with E-state index in [1.165, 1.54) is 31.2 Å². The number of fused-ring (bicyclic) bond motifs is 5. The summed E-state index contributed by atoms with van der Waals surface area (Å²) in [4.78, 5) is 36.8. The lowest BCUT2D eigenvalue weighted by molar-refractivity contribution is -0.216. The van der Waals surface area contributed by atoms with Crippen LogP contribution in [-0.2, 0) is 23.9 Å². The van der Waals surface area contributed by atoms with E-state index in [0.29, 0.717) is 0 Å². The molecular weight excluding hydrogens is 455 g/mol. The number of halogens is 2. The predicted octanol–water partition coefficient (Wildman–Crippen LogP) is 2.74. The van der Waals surface area contributed by atoms with Crippen molar-refractivity contribution in [3.8, 4) is 0 Å². The third-order valence-electron chi connectivity index (χ3n) is 8.60. The maximum absolute atomic E-state index is 17.2. The van der Waals surface area contributed by atoms with Crippen LogP contribution in [0.2, 0.25) is 0 Å². The summed E-state index contributed by atoms with van der Waals surface area (Å²) in [7, 11) is 0. The summed E-state index contributed by atoms with van der Waals surface area (Å²) in [6.45, 7) is 6.09. The minimum Gasteiger partial charge on any atom is -0.447 e. The summed E-state index contributed by atoms with van der Waals surface area (Å²) in [5.41, 5.74) is -6.84. The van der Waals surface area contributed by atoms with Gasteiger partial charge in [0.15, 0.2) is 23.1 Å². The van der Waals surface area contributed by atoms with Gasteiger partial charge in [0.25, 0.3) is 0 Å². The number of allylic oxidation sites excluding steroid dienone is 5. The number of ether oxygens (including phenoxy) is 2. The van der Waals surface area contributed by atoms with Crippen LogP contribution in [0.3, 0.4) is 0 Å². The van der Waals surface area contributed by atoms with Gasteiger partial charge in [-0.2, -0.15) is 0 Å². The minimum atomic E-state index is -2.29. The largest absolute Gasteiger partial charge is 0.447 e. The number of hydrogen-bond acceptors (Lipinski definition) is 7. The van der Waals surface area contributed by atoms with E-state index < -0.39 is 64.0 Å². The molecule has 0 heterocycles. The fraction of sp³-hybridized carbons (Fsp3) is 0.625. The van der Waals surface area contributed by atoms with Gasteiger partial charge in [0, 0.05) is 23.8 Å². The smallest absolute Gasteiger partial charge is 0.340 e. The highest BCUT2D eigenvalue weighted by atomic mass is 35.5. The molecule has 4 rings (SSSR count). The second-order valence-electron chi connectivity index (χ2n) is 10.1. The quantitative estimate of drug-likeness (QED) is 0.470. The Labute approximate surface area is 196 Å². The number of ketones is 1. The molecule has 0 spiro atoms. The van der Waals surface area contributed by atoms with Crippen molar-refractivity contribution in [2.24, 2.45) is 28.6 Å². The van der Waals surface area contributed by atoms with Crippen LogP contribution < -0.4 is 0 Å². The van der Waals surface area contributed by atoms with E-state index in [1.807, 2.05) is 0 Å². The second kappa shape index (κ2) is 7.48. The van der Waals surface area contributed by atoms with Crippen LogP contribution in [0.25, 0.3) is 0 Å². The Kier molecular flexibility index (Phi) is 5.47. The summed E-state index contributed by atoms with van der Waals surface area (Å²) in [5.74, 6) is -4.14. The number of alkyl halides is 2. The zero-order valence-electron chi connectivity index (χ0n) is 18.9. The maximum Gasteiger partial charge on any atom is 0.340 e. The molecule has 2 N–H and O–H groups in total. The summed E-state index contributed by atoms with van der Waals surface area (Å²) in [6, 6.07) is -0.449. The van der Waals surface area contributed by atoms with E-state index in [2.05, 4.69) is 0 Å². The molecule has 180 valence electrons. The fourth-order valence-electron chi connectivity index (χ4n) is 6.93. The van der Waals surface area contributed by atoms with E-state index in [0.717, 1.165) is 0 Å². The van der Waals surface area contributed by atoms with Gasteiger partial charge in [-0.25, -0.2) is 9.18 Å². The molecule has 8 atom stereocenters. The average molecular weight is 483 g/mol. The Morgan fingerprint density at radius 2 is 2.00 bits per heavy atom. The molecular formula is C24H28ClFO7. The first-order chi connectivity index (χ1) is 15.3. The molecule has 0 aliphatic heterocycles. The van der Waals surface area contributed by atoms with Crippen LogP contribution in [0, 0.1) is 28.6 Å². The molecule has 2 saturated carbocycles. The topological polar surface area (TPSA) is 110 Å². The van der Waals surface area contributed by atoms with Gasteiger partial charge in [-0.15, -0.1) is 0 Å². The minimum absolute atomic E-state index is 0.0452. The molecule has 0 saturated heterocycles. The molecule has 0 aromatic heterocycles. The third kappa shape index (κ3) is 2.90. The molecule has 0 amide bonds. The Hall–Kier alpha value is -2.03. The Balaban J connectivity index is 1.93. The highest BCUT2D eigenvalue weighted by molar-refractivity contribution is 6.17. The molecule has 0 unspecified atom stereocenters. The summed E-state index contributed by atoms with van der Waals surface area (Å²) >= 11 is 5.58. The lowest BCUT2D eigenvalue weighted by Crippen LogP contribution is -2.69. The number of rotatable bonds is 3. The van der Waals surface area contributed by atoms with E-state index in [-0.39, 0.29) is 30.0 Å². The number of aliphatic hydroxyl groups excluding tert-OH is 1. The van der Waals surface area contributed by atoms with Crippen molar-refractivity contribution in [2.45, 2.75) is 57.9 Å². The highest BCUT2D eigenvalue weighted by Crippen LogP contribution is 2.70. The van der Waals surface area contributed by atoms with Crippen LogP contribution in [0.4, 0.5) is 4.39 Å². The van der Waals surface area contributed by atoms with Gasteiger partial charge in [-0.05, 0) is 49.8 Å². The van der Waals surface area contributed by atoms with Crippen LogP contribution in [0.5, 0.6) is 0 Å². The summed E-state index contributed by atoms with van der Waals surface area (Å²) in [5, 5.41) is 22.9. The zero-order chi connectivity index (χ0) is 24.6. The third-order valence-corrected chi connectivity index (χ3v) is 8.71.